The third-order valence-corrected chi connectivity index (χ3v) is 3.52. The van der Waals surface area contributed by atoms with Crippen LogP contribution in [-0.4, -0.2) is 33.4 Å². The molecule has 0 radical (unpaired) electrons. The van der Waals surface area contributed by atoms with Gasteiger partial charge in [0.2, 0.25) is 0 Å². The molecule has 112 valence electrons. The van der Waals surface area contributed by atoms with Gasteiger partial charge >= 0.3 is 0 Å². The molecule has 1 fully saturated rings. The molecule has 2 N–H and O–H groups in total. The Bertz CT molecular complexity index is 419. The van der Waals surface area contributed by atoms with Crippen molar-refractivity contribution >= 4 is 11.4 Å². The zero-order chi connectivity index (χ0) is 14.4. The van der Waals surface area contributed by atoms with E-state index in [1.54, 1.807) is 0 Å². The molecule has 4 nitrogen and oxygen atoms in total. The number of nitrogen functional groups attached to an aromatic ring is 1. The van der Waals surface area contributed by atoms with E-state index in [-0.39, 0.29) is 0 Å². The summed E-state index contributed by atoms with van der Waals surface area (Å²) in [5.74, 6) is 1.60. The molecule has 0 bridgehead atoms. The quantitative estimate of drug-likeness (QED) is 0.557. The highest BCUT2D eigenvalue weighted by molar-refractivity contribution is 5.62. The molecule has 0 saturated heterocycles. The van der Waals surface area contributed by atoms with Crippen LogP contribution in [0.15, 0.2) is 18.2 Å². The lowest BCUT2D eigenvalue weighted by Gasteiger charge is -2.20. The Morgan fingerprint density at radius 3 is 2.80 bits per heavy atom. The first-order valence-corrected chi connectivity index (χ1v) is 7.52. The first-order valence-electron chi connectivity index (χ1n) is 7.52. The molecular weight excluding hydrogens is 252 g/mol. The van der Waals surface area contributed by atoms with Gasteiger partial charge in [0, 0.05) is 32.0 Å². The summed E-state index contributed by atoms with van der Waals surface area (Å²) >= 11 is 0. The highest BCUT2D eigenvalue weighted by Gasteiger charge is 2.20. The molecule has 1 aliphatic rings. The third-order valence-electron chi connectivity index (χ3n) is 3.52. The van der Waals surface area contributed by atoms with Crippen molar-refractivity contribution in [2.45, 2.75) is 26.2 Å². The van der Waals surface area contributed by atoms with Crippen molar-refractivity contribution in [3.8, 4) is 5.75 Å². The largest absolute Gasteiger partial charge is 0.491 e. The second-order valence-corrected chi connectivity index (χ2v) is 5.51. The van der Waals surface area contributed by atoms with E-state index in [1.807, 2.05) is 18.2 Å². The van der Waals surface area contributed by atoms with Gasteiger partial charge in [-0.25, -0.2) is 0 Å². The normalized spacial score (nSPS) is 14.3. The number of likely N-dealkylation sites (N-methyl/N-ethyl adjacent to an activating group) is 1. The van der Waals surface area contributed by atoms with Crippen LogP contribution in [-0.2, 0) is 4.74 Å². The summed E-state index contributed by atoms with van der Waals surface area (Å²) in [7, 11) is 2.07. The topological polar surface area (TPSA) is 47.7 Å². The minimum absolute atomic E-state index is 0.695. The molecular formula is C16H26N2O2. The van der Waals surface area contributed by atoms with Crippen LogP contribution >= 0.6 is 0 Å². The number of ether oxygens (including phenoxy) is 2. The van der Waals surface area contributed by atoms with E-state index in [4.69, 9.17) is 15.2 Å². The molecule has 20 heavy (non-hydrogen) atoms. The number of nitrogens with two attached hydrogens (primary N) is 1. The monoisotopic (exact) mass is 278 g/mol. The first-order chi connectivity index (χ1) is 9.70. The van der Waals surface area contributed by atoms with Gasteiger partial charge in [-0.2, -0.15) is 0 Å². The maximum absolute atomic E-state index is 5.92. The molecule has 0 aromatic heterocycles. The van der Waals surface area contributed by atoms with Gasteiger partial charge in [0.05, 0.1) is 18.9 Å². The SMILES string of the molecule is CCCOc1cc(N(C)CCOCC2CC2)ccc1N. The van der Waals surface area contributed by atoms with Gasteiger partial charge < -0.3 is 20.1 Å². The zero-order valence-corrected chi connectivity index (χ0v) is 12.6. The zero-order valence-electron chi connectivity index (χ0n) is 12.6. The third kappa shape index (κ3) is 4.60. The van der Waals surface area contributed by atoms with Gasteiger partial charge in [0.25, 0.3) is 0 Å². The average molecular weight is 278 g/mol. The van der Waals surface area contributed by atoms with E-state index in [9.17, 15) is 0 Å². The number of hydrogen-bond acceptors (Lipinski definition) is 4. The molecule has 0 spiro atoms. The molecule has 2 rings (SSSR count). The van der Waals surface area contributed by atoms with E-state index < -0.39 is 0 Å². The predicted molar refractivity (Wildman–Crippen MR) is 83.5 cm³/mol. The fourth-order valence-electron chi connectivity index (χ4n) is 1.96. The van der Waals surface area contributed by atoms with Gasteiger partial charge in [-0.1, -0.05) is 6.92 Å². The Morgan fingerprint density at radius 2 is 2.10 bits per heavy atom. The smallest absolute Gasteiger partial charge is 0.144 e. The summed E-state index contributed by atoms with van der Waals surface area (Å²) < 4.78 is 11.3. The number of rotatable bonds is 9. The summed E-state index contributed by atoms with van der Waals surface area (Å²) in [6, 6.07) is 5.93. The number of hydrogen-bond donors (Lipinski definition) is 1. The van der Waals surface area contributed by atoms with Crippen LogP contribution in [0.5, 0.6) is 5.75 Å². The highest BCUT2D eigenvalue weighted by Crippen LogP contribution is 2.29. The fraction of sp³-hybridized carbons (Fsp3) is 0.625. The molecule has 0 atom stereocenters. The van der Waals surface area contributed by atoms with Crippen LogP contribution in [0.2, 0.25) is 0 Å². The van der Waals surface area contributed by atoms with Crippen LogP contribution < -0.4 is 15.4 Å². The highest BCUT2D eigenvalue weighted by atomic mass is 16.5. The van der Waals surface area contributed by atoms with Gasteiger partial charge in [-0.15, -0.1) is 0 Å². The van der Waals surface area contributed by atoms with Crippen molar-refractivity contribution in [2.75, 3.05) is 44.0 Å². The van der Waals surface area contributed by atoms with Crippen molar-refractivity contribution < 1.29 is 9.47 Å². The Morgan fingerprint density at radius 1 is 1.30 bits per heavy atom. The van der Waals surface area contributed by atoms with Crippen molar-refractivity contribution in [1.82, 2.24) is 0 Å². The first kappa shape index (κ1) is 15.0. The van der Waals surface area contributed by atoms with E-state index in [0.29, 0.717) is 12.3 Å². The molecule has 1 aromatic carbocycles. The van der Waals surface area contributed by atoms with E-state index >= 15 is 0 Å². The molecule has 4 heteroatoms. The summed E-state index contributed by atoms with van der Waals surface area (Å²) in [5.41, 5.74) is 7.73. The lowest BCUT2D eigenvalue weighted by Crippen LogP contribution is -2.23. The minimum Gasteiger partial charge on any atom is -0.491 e. The van der Waals surface area contributed by atoms with Gasteiger partial charge in [0.1, 0.15) is 5.75 Å². The summed E-state index contributed by atoms with van der Waals surface area (Å²) in [6.07, 6.45) is 3.66. The maximum atomic E-state index is 5.92. The fourth-order valence-corrected chi connectivity index (χ4v) is 1.96. The van der Waals surface area contributed by atoms with Gasteiger partial charge in [-0.3, -0.25) is 0 Å². The number of anilines is 2. The molecule has 0 amide bonds. The average Bonchev–Trinajstić information content (AvgIpc) is 3.26. The van der Waals surface area contributed by atoms with Crippen LogP contribution in [0.3, 0.4) is 0 Å². The maximum Gasteiger partial charge on any atom is 0.144 e. The Balaban J connectivity index is 1.82. The second-order valence-electron chi connectivity index (χ2n) is 5.51. The van der Waals surface area contributed by atoms with E-state index in [1.165, 1.54) is 12.8 Å². The van der Waals surface area contributed by atoms with Gasteiger partial charge in [0.15, 0.2) is 0 Å². The Hall–Kier alpha value is -1.42. The molecule has 1 aromatic rings. The number of benzene rings is 1. The van der Waals surface area contributed by atoms with E-state index in [2.05, 4.69) is 18.9 Å². The number of nitrogens with zero attached hydrogens (tertiary/aromatic N) is 1. The molecule has 1 aliphatic carbocycles. The van der Waals surface area contributed by atoms with Crippen molar-refractivity contribution in [3.05, 3.63) is 18.2 Å². The second kappa shape index (κ2) is 7.39. The molecule has 0 unspecified atom stereocenters. The predicted octanol–water partition coefficient (Wildman–Crippen LogP) is 2.92. The minimum atomic E-state index is 0.695. The lowest BCUT2D eigenvalue weighted by molar-refractivity contribution is 0.131. The molecule has 0 heterocycles. The van der Waals surface area contributed by atoms with Gasteiger partial charge in [-0.05, 0) is 37.3 Å². The molecule has 0 aliphatic heterocycles. The van der Waals surface area contributed by atoms with Crippen molar-refractivity contribution in [2.24, 2.45) is 5.92 Å². The van der Waals surface area contributed by atoms with Crippen molar-refractivity contribution in [1.29, 1.82) is 0 Å². The Labute approximate surface area is 121 Å². The standard InChI is InChI=1S/C16H26N2O2/c1-3-9-20-16-11-14(6-7-15(16)17)18(2)8-10-19-12-13-4-5-13/h6-7,11,13H,3-5,8-10,12,17H2,1-2H3. The Kier molecular flexibility index (Phi) is 5.53. The van der Waals surface area contributed by atoms with Crippen molar-refractivity contribution in [3.63, 3.8) is 0 Å². The van der Waals surface area contributed by atoms with Crippen LogP contribution in [0.1, 0.15) is 26.2 Å². The van der Waals surface area contributed by atoms with E-state index in [0.717, 1.165) is 43.5 Å². The molecule has 1 saturated carbocycles. The van der Waals surface area contributed by atoms with Crippen LogP contribution in [0.25, 0.3) is 0 Å². The van der Waals surface area contributed by atoms with Crippen LogP contribution in [0, 0.1) is 5.92 Å². The lowest BCUT2D eigenvalue weighted by atomic mass is 10.2. The summed E-state index contributed by atoms with van der Waals surface area (Å²) in [6.45, 7) is 5.35. The van der Waals surface area contributed by atoms with Crippen LogP contribution in [0.4, 0.5) is 11.4 Å². The summed E-state index contributed by atoms with van der Waals surface area (Å²) in [4.78, 5) is 2.17. The summed E-state index contributed by atoms with van der Waals surface area (Å²) in [5, 5.41) is 0.